The number of thioether (sulfide) groups is 1. The average molecular weight is 344 g/mol. The Kier molecular flexibility index (Phi) is 4.33. The molecule has 0 aliphatic carbocycles. The number of aryl methyl sites for hydroxylation is 1. The molecule has 126 valence electrons. The van der Waals surface area contributed by atoms with Gasteiger partial charge in [-0.2, -0.15) is 11.8 Å². The molecule has 0 spiro atoms. The van der Waals surface area contributed by atoms with Gasteiger partial charge < -0.3 is 14.2 Å². The second-order valence-corrected chi connectivity index (χ2v) is 7.63. The van der Waals surface area contributed by atoms with Gasteiger partial charge >= 0.3 is 0 Å². The highest BCUT2D eigenvalue weighted by Gasteiger charge is 2.38. The van der Waals surface area contributed by atoms with Crippen LogP contribution in [-0.4, -0.2) is 52.8 Å². The van der Waals surface area contributed by atoms with E-state index < -0.39 is 0 Å². The van der Waals surface area contributed by atoms with Crippen molar-refractivity contribution in [2.45, 2.75) is 24.6 Å². The van der Waals surface area contributed by atoms with Crippen LogP contribution in [0.5, 0.6) is 0 Å². The van der Waals surface area contributed by atoms with Crippen LogP contribution in [0.15, 0.2) is 34.9 Å². The average Bonchev–Trinajstić information content (AvgIpc) is 3.11. The predicted molar refractivity (Wildman–Crippen MR) is 93.2 cm³/mol. The zero-order valence-electron chi connectivity index (χ0n) is 13.6. The van der Waals surface area contributed by atoms with Crippen LogP contribution in [0.2, 0.25) is 0 Å². The van der Waals surface area contributed by atoms with Gasteiger partial charge in [-0.25, -0.2) is 0 Å². The van der Waals surface area contributed by atoms with Gasteiger partial charge in [0.05, 0.1) is 6.61 Å². The summed E-state index contributed by atoms with van der Waals surface area (Å²) >= 11 is 1.90. The fourth-order valence-corrected chi connectivity index (χ4v) is 4.62. The molecule has 1 aromatic carbocycles. The fourth-order valence-electron chi connectivity index (χ4n) is 3.31. The van der Waals surface area contributed by atoms with E-state index >= 15 is 0 Å². The Labute approximate surface area is 145 Å². The molecule has 0 radical (unpaired) electrons. The molecule has 0 saturated carbocycles. The summed E-state index contributed by atoms with van der Waals surface area (Å²) in [7, 11) is 0. The van der Waals surface area contributed by atoms with E-state index in [0.29, 0.717) is 16.7 Å². The van der Waals surface area contributed by atoms with Crippen LogP contribution in [0.3, 0.4) is 0 Å². The van der Waals surface area contributed by atoms with Crippen molar-refractivity contribution in [1.29, 1.82) is 0 Å². The topological polar surface area (TPSA) is 55.6 Å². The number of ether oxygens (including phenoxy) is 1. The molecule has 0 N–H and O–H groups in total. The smallest absolute Gasteiger partial charge is 0.292 e. The van der Waals surface area contributed by atoms with Gasteiger partial charge in [-0.15, -0.1) is 0 Å². The highest BCUT2D eigenvalue weighted by molar-refractivity contribution is 8.00. The molecule has 2 aliphatic heterocycles. The van der Waals surface area contributed by atoms with E-state index in [2.05, 4.69) is 5.16 Å². The fraction of sp³-hybridized carbons (Fsp3) is 0.444. The van der Waals surface area contributed by atoms with Gasteiger partial charge in [-0.05, 0) is 13.3 Å². The monoisotopic (exact) mass is 344 g/mol. The largest absolute Gasteiger partial charge is 0.380 e. The second kappa shape index (κ2) is 6.61. The first-order chi connectivity index (χ1) is 11.7. The van der Waals surface area contributed by atoms with Crippen molar-refractivity contribution in [3.63, 3.8) is 0 Å². The number of carbonyl (C=O) groups excluding carboxylic acids is 1. The van der Waals surface area contributed by atoms with E-state index in [1.165, 1.54) is 5.56 Å². The molecule has 0 bridgehead atoms. The number of benzene rings is 1. The Bertz CT molecular complexity index is 726. The Hall–Kier alpha value is -1.79. The molecule has 6 heteroatoms. The maximum Gasteiger partial charge on any atom is 0.292 e. The minimum atomic E-state index is -0.0574. The van der Waals surface area contributed by atoms with Gasteiger partial charge in [0, 0.05) is 41.8 Å². The third kappa shape index (κ3) is 2.96. The van der Waals surface area contributed by atoms with Gasteiger partial charge in [0.25, 0.3) is 5.91 Å². The van der Waals surface area contributed by atoms with Crippen LogP contribution in [0.25, 0.3) is 11.3 Å². The maximum atomic E-state index is 12.9. The Morgan fingerprint density at radius 2 is 2.17 bits per heavy atom. The number of hydrogen-bond acceptors (Lipinski definition) is 5. The third-order valence-electron chi connectivity index (χ3n) is 4.66. The van der Waals surface area contributed by atoms with Crippen LogP contribution in [0.1, 0.15) is 22.5 Å². The summed E-state index contributed by atoms with van der Waals surface area (Å²) in [6.45, 7) is 4.24. The van der Waals surface area contributed by atoms with Gasteiger partial charge in [-0.1, -0.05) is 35.0 Å². The van der Waals surface area contributed by atoms with Crippen molar-refractivity contribution in [3.05, 3.63) is 41.7 Å². The van der Waals surface area contributed by atoms with Gasteiger partial charge in [-0.3, -0.25) is 4.79 Å². The molecule has 2 aliphatic rings. The minimum absolute atomic E-state index is 0.0574. The number of rotatable bonds is 2. The number of carbonyl (C=O) groups is 1. The van der Waals surface area contributed by atoms with Gasteiger partial charge in [0.15, 0.2) is 0 Å². The van der Waals surface area contributed by atoms with E-state index in [1.54, 1.807) is 6.07 Å². The second-order valence-electron chi connectivity index (χ2n) is 6.28. The summed E-state index contributed by atoms with van der Waals surface area (Å²) < 4.78 is 10.9. The van der Waals surface area contributed by atoms with Crippen molar-refractivity contribution in [1.82, 2.24) is 10.1 Å². The number of amides is 1. The quantitative estimate of drug-likeness (QED) is 0.838. The van der Waals surface area contributed by atoms with Crippen LogP contribution >= 0.6 is 11.8 Å². The molecular weight excluding hydrogens is 324 g/mol. The lowest BCUT2D eigenvalue weighted by molar-refractivity contribution is 0.0296. The summed E-state index contributed by atoms with van der Waals surface area (Å²) in [4.78, 5) is 14.8. The van der Waals surface area contributed by atoms with Crippen molar-refractivity contribution in [3.8, 4) is 11.3 Å². The number of fused-ring (bicyclic) bond motifs is 1. The summed E-state index contributed by atoms with van der Waals surface area (Å²) in [5, 5.41) is 4.45. The first kappa shape index (κ1) is 15.7. The summed E-state index contributed by atoms with van der Waals surface area (Å²) in [6.07, 6.45) is 0.891. The molecule has 5 nitrogen and oxygen atoms in total. The Balaban J connectivity index is 1.55. The third-order valence-corrected chi connectivity index (χ3v) is 5.96. The van der Waals surface area contributed by atoms with E-state index in [4.69, 9.17) is 9.26 Å². The van der Waals surface area contributed by atoms with Gasteiger partial charge in [0.1, 0.15) is 5.69 Å². The standard InChI is InChI=1S/C18H20N2O3S/c1-12-2-4-13(5-3-12)14-10-16(23-19-14)18(21)20-7-9-24-17-11-22-8-6-15(17)20/h2-5,10,15,17H,6-9,11H2,1H3/t15-,17+/m0/s1. The molecule has 2 saturated heterocycles. The van der Waals surface area contributed by atoms with Crippen molar-refractivity contribution in [2.75, 3.05) is 25.5 Å². The number of nitrogens with zero attached hydrogens (tertiary/aromatic N) is 2. The normalized spacial score (nSPS) is 23.8. The first-order valence-corrected chi connectivity index (χ1v) is 9.31. The zero-order valence-corrected chi connectivity index (χ0v) is 14.4. The molecule has 2 aromatic rings. The predicted octanol–water partition coefficient (Wildman–Crippen LogP) is 3.00. The van der Waals surface area contributed by atoms with E-state index in [1.807, 2.05) is 47.9 Å². The molecule has 2 fully saturated rings. The molecule has 2 atom stereocenters. The summed E-state index contributed by atoms with van der Waals surface area (Å²) in [5.74, 6) is 1.20. The lowest BCUT2D eigenvalue weighted by atomic mass is 10.1. The molecule has 3 heterocycles. The molecular formula is C18H20N2O3S. The lowest BCUT2D eigenvalue weighted by Crippen LogP contribution is -2.54. The maximum absolute atomic E-state index is 12.9. The highest BCUT2D eigenvalue weighted by Crippen LogP contribution is 2.31. The number of hydrogen-bond donors (Lipinski definition) is 0. The van der Waals surface area contributed by atoms with Crippen LogP contribution < -0.4 is 0 Å². The Morgan fingerprint density at radius 1 is 1.33 bits per heavy atom. The molecule has 1 amide bonds. The summed E-state index contributed by atoms with van der Waals surface area (Å²) in [6, 6.07) is 10.0. The van der Waals surface area contributed by atoms with Crippen molar-refractivity contribution in [2.24, 2.45) is 0 Å². The molecule has 1 aromatic heterocycles. The van der Waals surface area contributed by atoms with Gasteiger partial charge in [0.2, 0.25) is 5.76 Å². The van der Waals surface area contributed by atoms with Crippen LogP contribution in [0.4, 0.5) is 0 Å². The summed E-state index contributed by atoms with van der Waals surface area (Å²) in [5.41, 5.74) is 2.85. The zero-order chi connectivity index (χ0) is 16.5. The lowest BCUT2D eigenvalue weighted by Gasteiger charge is -2.42. The number of aromatic nitrogens is 1. The van der Waals surface area contributed by atoms with Crippen molar-refractivity contribution >= 4 is 17.7 Å². The minimum Gasteiger partial charge on any atom is -0.380 e. The SMILES string of the molecule is Cc1ccc(-c2cc(C(=O)N3CCS[C@@H]4COCC[C@@H]43)on2)cc1. The Morgan fingerprint density at radius 3 is 3.00 bits per heavy atom. The molecule has 24 heavy (non-hydrogen) atoms. The van der Waals surface area contributed by atoms with Crippen LogP contribution in [0, 0.1) is 6.92 Å². The molecule has 0 unspecified atom stereocenters. The molecule has 4 rings (SSSR count). The first-order valence-electron chi connectivity index (χ1n) is 8.26. The van der Waals surface area contributed by atoms with Crippen molar-refractivity contribution < 1.29 is 14.1 Å². The van der Waals surface area contributed by atoms with E-state index in [-0.39, 0.29) is 11.9 Å². The van der Waals surface area contributed by atoms with Crippen LogP contribution in [-0.2, 0) is 4.74 Å². The highest BCUT2D eigenvalue weighted by atomic mass is 32.2. The van der Waals surface area contributed by atoms with E-state index in [9.17, 15) is 4.79 Å². The van der Waals surface area contributed by atoms with E-state index in [0.717, 1.165) is 37.5 Å².